The molecule has 0 unspecified atom stereocenters. The highest BCUT2D eigenvalue weighted by Gasteiger charge is 2.21. The van der Waals surface area contributed by atoms with Gasteiger partial charge < -0.3 is 0 Å². The molecule has 0 atom stereocenters. The van der Waals surface area contributed by atoms with Crippen molar-refractivity contribution in [3.8, 4) is 22.3 Å². The zero-order valence-electron chi connectivity index (χ0n) is 18.9. The maximum atomic E-state index is 13.1. The van der Waals surface area contributed by atoms with Gasteiger partial charge in [0.05, 0.1) is 19.6 Å². The average Bonchev–Trinajstić information content (AvgIpc) is 2.94. The van der Waals surface area contributed by atoms with Gasteiger partial charge in [0.2, 0.25) is 19.7 Å². The zero-order valence-corrected chi connectivity index (χ0v) is 20.5. The molecule has 0 radical (unpaired) electrons. The molecule has 0 N–H and O–H groups in total. The van der Waals surface area contributed by atoms with Crippen LogP contribution in [0.3, 0.4) is 0 Å². The molecule has 0 aliphatic rings. The third-order valence-electron chi connectivity index (χ3n) is 5.76. The molecule has 36 heavy (non-hydrogen) atoms. The van der Waals surface area contributed by atoms with E-state index in [2.05, 4.69) is 9.97 Å². The van der Waals surface area contributed by atoms with E-state index in [0.717, 1.165) is 22.3 Å². The molecule has 0 bridgehead atoms. The first-order chi connectivity index (χ1) is 17.4. The largest absolute Gasteiger partial charge is 0.264 e. The van der Waals surface area contributed by atoms with Crippen LogP contribution in [0.2, 0.25) is 0 Å². The summed E-state index contributed by atoms with van der Waals surface area (Å²) < 4.78 is 52.5. The van der Waals surface area contributed by atoms with Crippen molar-refractivity contribution in [2.24, 2.45) is 0 Å². The monoisotopic (exact) mass is 512 g/mol. The summed E-state index contributed by atoms with van der Waals surface area (Å²) in [6.45, 7) is 0. The highest BCUT2D eigenvalue weighted by atomic mass is 32.2. The number of rotatable bonds is 6. The van der Waals surface area contributed by atoms with E-state index in [-0.39, 0.29) is 19.6 Å². The van der Waals surface area contributed by atoms with Crippen LogP contribution >= 0.6 is 0 Å². The summed E-state index contributed by atoms with van der Waals surface area (Å²) in [5, 5.41) is 0. The van der Waals surface area contributed by atoms with Crippen LogP contribution < -0.4 is 0 Å². The van der Waals surface area contributed by atoms with Crippen molar-refractivity contribution in [2.45, 2.75) is 19.6 Å². The Kier molecular flexibility index (Phi) is 6.22. The Balaban J connectivity index is 1.39. The van der Waals surface area contributed by atoms with Crippen LogP contribution in [0.25, 0.3) is 22.3 Å². The summed E-state index contributed by atoms with van der Waals surface area (Å²) >= 11 is 0. The smallest absolute Gasteiger partial charge is 0.206 e. The highest BCUT2D eigenvalue weighted by molar-refractivity contribution is 7.92. The van der Waals surface area contributed by atoms with Crippen molar-refractivity contribution in [3.05, 3.63) is 122 Å². The summed E-state index contributed by atoms with van der Waals surface area (Å²) in [6, 6.07) is 25.7. The van der Waals surface area contributed by atoms with E-state index >= 15 is 0 Å². The number of hydrogen-bond donors (Lipinski definition) is 0. The second-order valence-electron chi connectivity index (χ2n) is 8.01. The van der Waals surface area contributed by atoms with E-state index in [4.69, 9.17) is 0 Å². The zero-order chi connectivity index (χ0) is 25.2. The van der Waals surface area contributed by atoms with Crippen molar-refractivity contribution in [3.63, 3.8) is 0 Å². The molecule has 8 heteroatoms. The second kappa shape index (κ2) is 9.49. The molecule has 178 valence electrons. The molecule has 6 nitrogen and oxygen atoms in total. The number of sulfone groups is 2. The fourth-order valence-electron chi connectivity index (χ4n) is 3.79. The van der Waals surface area contributed by atoms with Gasteiger partial charge in [-0.05, 0) is 82.9 Å². The Labute approximate surface area is 209 Å². The molecule has 0 aliphatic heterocycles. The van der Waals surface area contributed by atoms with Crippen LogP contribution in [0.1, 0.15) is 0 Å². The van der Waals surface area contributed by atoms with Crippen LogP contribution in [0.4, 0.5) is 0 Å². The minimum atomic E-state index is -3.82. The normalized spacial score (nSPS) is 11.8. The summed E-state index contributed by atoms with van der Waals surface area (Å²) in [7, 11) is -7.63. The minimum absolute atomic E-state index is 0.0162. The third-order valence-corrected chi connectivity index (χ3v) is 9.33. The lowest BCUT2D eigenvalue weighted by molar-refractivity contribution is 0.592. The summed E-state index contributed by atoms with van der Waals surface area (Å²) in [4.78, 5) is 8.43. The molecule has 3 aromatic carbocycles. The van der Waals surface area contributed by atoms with E-state index in [1.807, 2.05) is 24.3 Å². The first kappa shape index (κ1) is 23.6. The molecular weight excluding hydrogens is 492 g/mol. The molecule has 0 saturated heterocycles. The topological polar surface area (TPSA) is 94.1 Å². The molecule has 0 fully saturated rings. The van der Waals surface area contributed by atoms with Gasteiger partial charge in [0.15, 0.2) is 0 Å². The lowest BCUT2D eigenvalue weighted by atomic mass is 10.1. The van der Waals surface area contributed by atoms with Crippen molar-refractivity contribution >= 4 is 19.7 Å². The van der Waals surface area contributed by atoms with E-state index in [1.54, 1.807) is 49.1 Å². The van der Waals surface area contributed by atoms with Gasteiger partial charge in [0, 0.05) is 24.8 Å². The molecule has 0 spiro atoms. The molecule has 0 amide bonds. The van der Waals surface area contributed by atoms with Crippen molar-refractivity contribution in [1.29, 1.82) is 0 Å². The first-order valence-electron chi connectivity index (χ1n) is 11.0. The van der Waals surface area contributed by atoms with Gasteiger partial charge in [-0.25, -0.2) is 16.8 Å². The predicted octanol–water partition coefficient (Wildman–Crippen LogP) is 5.48. The van der Waals surface area contributed by atoms with Gasteiger partial charge in [0.1, 0.15) is 0 Å². The van der Waals surface area contributed by atoms with E-state index in [0.29, 0.717) is 0 Å². The third kappa shape index (κ3) is 4.56. The molecule has 5 aromatic rings. The van der Waals surface area contributed by atoms with Gasteiger partial charge in [-0.3, -0.25) is 9.97 Å². The highest BCUT2D eigenvalue weighted by Crippen LogP contribution is 2.28. The predicted molar refractivity (Wildman–Crippen MR) is 137 cm³/mol. The summed E-state index contributed by atoms with van der Waals surface area (Å²) in [6.07, 6.45) is 6.75. The number of hydrogen-bond acceptors (Lipinski definition) is 6. The number of nitrogens with zero attached hydrogens (tertiary/aromatic N) is 2. The van der Waals surface area contributed by atoms with Crippen LogP contribution in [-0.4, -0.2) is 26.8 Å². The standard InChI is InChI=1S/C28H20N2O4S2/c31-35(32,25-9-5-21(6-10-25)23-3-1-17-29-19-23)27-13-15-28(16-14-27)36(33,34)26-11-7-22(8-12-26)24-4-2-18-30-20-24/h1-20H. The molecule has 0 aliphatic carbocycles. The minimum Gasteiger partial charge on any atom is -0.264 e. The number of aromatic nitrogens is 2. The lowest BCUT2D eigenvalue weighted by Crippen LogP contribution is -2.05. The number of pyridine rings is 2. The van der Waals surface area contributed by atoms with Crippen LogP contribution in [0.15, 0.2) is 141 Å². The van der Waals surface area contributed by atoms with Gasteiger partial charge in [-0.2, -0.15) is 0 Å². The second-order valence-corrected chi connectivity index (χ2v) is 11.9. The summed E-state index contributed by atoms with van der Waals surface area (Å²) in [5.74, 6) is 0. The maximum absolute atomic E-state index is 13.1. The van der Waals surface area contributed by atoms with Gasteiger partial charge in [-0.1, -0.05) is 36.4 Å². The number of benzene rings is 3. The SMILES string of the molecule is O=S(=O)(c1ccc(-c2cccnc2)cc1)c1ccc(S(=O)(=O)c2ccc(-c3cccnc3)cc2)cc1. The van der Waals surface area contributed by atoms with Gasteiger partial charge in [-0.15, -0.1) is 0 Å². The molecular formula is C28H20N2O4S2. The Morgan fingerprint density at radius 3 is 0.972 bits per heavy atom. The summed E-state index contributed by atoms with van der Waals surface area (Å²) in [5.41, 5.74) is 3.45. The van der Waals surface area contributed by atoms with E-state index in [1.165, 1.54) is 48.5 Å². The average molecular weight is 513 g/mol. The van der Waals surface area contributed by atoms with E-state index < -0.39 is 19.7 Å². The first-order valence-corrected chi connectivity index (χ1v) is 13.9. The Morgan fingerprint density at radius 2 is 0.694 bits per heavy atom. The lowest BCUT2D eigenvalue weighted by Gasteiger charge is -2.09. The molecule has 2 heterocycles. The molecule has 0 saturated carbocycles. The van der Waals surface area contributed by atoms with Crippen LogP contribution in [0.5, 0.6) is 0 Å². The fraction of sp³-hybridized carbons (Fsp3) is 0. The van der Waals surface area contributed by atoms with Crippen LogP contribution in [-0.2, 0) is 19.7 Å². The Morgan fingerprint density at radius 1 is 0.389 bits per heavy atom. The quantitative estimate of drug-likeness (QED) is 0.299. The van der Waals surface area contributed by atoms with Crippen molar-refractivity contribution < 1.29 is 16.8 Å². The van der Waals surface area contributed by atoms with Gasteiger partial charge in [0.25, 0.3) is 0 Å². The fourth-order valence-corrected chi connectivity index (χ4v) is 6.31. The molecule has 2 aromatic heterocycles. The van der Waals surface area contributed by atoms with Crippen LogP contribution in [0, 0.1) is 0 Å². The maximum Gasteiger partial charge on any atom is 0.206 e. The molecule has 5 rings (SSSR count). The van der Waals surface area contributed by atoms with Gasteiger partial charge >= 0.3 is 0 Å². The Hall–Kier alpha value is -4.14. The van der Waals surface area contributed by atoms with E-state index in [9.17, 15) is 16.8 Å². The Bertz CT molecular complexity index is 1570. The van der Waals surface area contributed by atoms with Crippen molar-refractivity contribution in [1.82, 2.24) is 9.97 Å². The van der Waals surface area contributed by atoms with Crippen molar-refractivity contribution in [2.75, 3.05) is 0 Å².